The number of hydrogen-bond donors (Lipinski definition) is 4. The van der Waals surface area contributed by atoms with E-state index in [9.17, 15) is 19.8 Å². The number of aromatic nitrogens is 4. The van der Waals surface area contributed by atoms with Crippen LogP contribution in [0.15, 0.2) is 70.7 Å². The number of aliphatic hydroxyl groups is 1. The number of nitrogens with zero attached hydrogens (tertiary/aromatic N) is 10. The molecule has 6 saturated heterocycles. The number of aryl methyl sites for hydroxylation is 1. The second-order valence-corrected chi connectivity index (χ2v) is 24.1. The molecule has 6 aliphatic heterocycles. The summed E-state index contributed by atoms with van der Waals surface area (Å²) in [7, 11) is 0. The number of aromatic hydroxyl groups is 1. The number of carbonyl (C=O) groups excluding carboxylic acids is 2. The number of fused-ring (bicyclic) bond motifs is 2. The summed E-state index contributed by atoms with van der Waals surface area (Å²) in [5.74, 6) is 1.83. The molecule has 3 aromatic heterocycles. The van der Waals surface area contributed by atoms with Gasteiger partial charge in [0.2, 0.25) is 11.8 Å². The van der Waals surface area contributed by atoms with Crippen molar-refractivity contribution in [2.24, 2.45) is 17.8 Å². The van der Waals surface area contributed by atoms with E-state index in [1.807, 2.05) is 87.8 Å². The van der Waals surface area contributed by atoms with Gasteiger partial charge < -0.3 is 50.1 Å². The van der Waals surface area contributed by atoms with Gasteiger partial charge in [0.15, 0.2) is 17.4 Å². The van der Waals surface area contributed by atoms with Crippen LogP contribution in [0.2, 0.25) is 0 Å². The quantitative estimate of drug-likeness (QED) is 0.0894. The van der Waals surface area contributed by atoms with E-state index in [0.29, 0.717) is 46.8 Å². The summed E-state index contributed by atoms with van der Waals surface area (Å²) < 4.78 is 12.5. The monoisotopic (exact) mass is 1070 g/mol. The van der Waals surface area contributed by atoms with Crippen molar-refractivity contribution >= 4 is 40.5 Å². The number of β-amino-alcohol motifs (C(OH)–C–C–N with tert-alkyl or cyclic N) is 1. The van der Waals surface area contributed by atoms with Crippen LogP contribution in [0.1, 0.15) is 94.7 Å². The van der Waals surface area contributed by atoms with Crippen LogP contribution in [0.25, 0.3) is 21.7 Å². The molecule has 0 aliphatic carbocycles. The van der Waals surface area contributed by atoms with Gasteiger partial charge in [-0.1, -0.05) is 55.4 Å². The highest BCUT2D eigenvalue weighted by Crippen LogP contribution is 2.38. The predicted octanol–water partition coefficient (Wildman–Crippen LogP) is 6.41. The Balaban J connectivity index is 0.627. The van der Waals surface area contributed by atoms with Gasteiger partial charge in [0, 0.05) is 95.6 Å². The van der Waals surface area contributed by atoms with Gasteiger partial charge >= 0.3 is 0 Å². The van der Waals surface area contributed by atoms with E-state index in [2.05, 4.69) is 50.2 Å². The van der Waals surface area contributed by atoms with Crippen molar-refractivity contribution in [2.45, 2.75) is 115 Å². The minimum Gasteiger partial charge on any atom is -0.507 e. The number of carbonyl (C=O) groups is 2. The Kier molecular flexibility index (Phi) is 16.2. The molecular weight excluding hydrogens is 993 g/mol. The summed E-state index contributed by atoms with van der Waals surface area (Å²) in [4.78, 5) is 48.1. The van der Waals surface area contributed by atoms with Crippen LogP contribution >= 0.6 is 11.3 Å². The van der Waals surface area contributed by atoms with E-state index >= 15 is 0 Å². The number of phenols is 1. The molecule has 77 heavy (non-hydrogen) atoms. The van der Waals surface area contributed by atoms with Crippen molar-refractivity contribution in [2.75, 3.05) is 101 Å². The molecule has 2 bridgehead atoms. The van der Waals surface area contributed by atoms with Crippen molar-refractivity contribution in [3.05, 3.63) is 83.2 Å². The van der Waals surface area contributed by atoms with Crippen LogP contribution < -0.4 is 20.9 Å². The minimum absolute atomic E-state index is 0.0906. The number of piperidine rings is 2. The summed E-state index contributed by atoms with van der Waals surface area (Å²) in [6, 6.07) is 19.2. The predicted molar refractivity (Wildman–Crippen MR) is 299 cm³/mol. The maximum absolute atomic E-state index is 14.4. The average molecular weight is 1070 g/mol. The van der Waals surface area contributed by atoms with Gasteiger partial charge in [-0.3, -0.25) is 19.4 Å². The number of benzene rings is 2. The number of rotatable bonds is 15. The third-order valence-electron chi connectivity index (χ3n) is 17.7. The van der Waals surface area contributed by atoms with Crippen molar-refractivity contribution in [1.29, 1.82) is 0 Å². The molecule has 9 heterocycles. The zero-order valence-electron chi connectivity index (χ0n) is 45.3. The number of ether oxygens (including phenoxy) is 1. The van der Waals surface area contributed by atoms with Crippen LogP contribution in [0.5, 0.6) is 5.75 Å². The van der Waals surface area contributed by atoms with E-state index in [1.54, 1.807) is 22.3 Å². The second kappa shape index (κ2) is 23.3. The molecule has 18 nitrogen and oxygen atoms in total. The maximum atomic E-state index is 14.4. The molecule has 7 atom stereocenters. The molecule has 19 heteroatoms. The molecule has 2 amide bonds. The fraction of sp³-hybridized carbons (Fsp3) is 0.586. The van der Waals surface area contributed by atoms with Crippen molar-refractivity contribution in [3.63, 3.8) is 0 Å². The zero-order valence-corrected chi connectivity index (χ0v) is 46.1. The summed E-state index contributed by atoms with van der Waals surface area (Å²) in [6.07, 6.45) is 6.35. The topological polar surface area (TPSA) is 206 Å². The normalized spacial score (nSPS) is 25.1. The van der Waals surface area contributed by atoms with E-state index in [4.69, 9.17) is 15.0 Å². The standard InChI is InChI=1S/C58H78N12O6S/c1-36(2)54(58(74)70-32-45(71)26-50(70)57(73)61-37(3)41-9-11-42(12-10-41)55-38(4)60-35-77-55)52-28-53(64-76-52)66-20-13-39(14-21-66)29-65-18-16-43(17-19-65)67-23-24-75-46(33-67)34-69-30-40-15-22-68(31-44(69)25-40)49-27-48(62-63-56(49)59)47-7-5-6-8-51(47)72/h5-12,27-28,35-37,39-40,43-46,50,54,71-72H,13-26,29-34H2,1-4H3,(H2,59,63)(H,61,73)/t37-,40?,44?,45+,46+,50-,54+/m0/s1. The molecule has 412 valence electrons. The van der Waals surface area contributed by atoms with Gasteiger partial charge in [-0.2, -0.15) is 0 Å². The molecular formula is C58H78N12O6S. The molecule has 0 spiro atoms. The first-order valence-corrected chi connectivity index (χ1v) is 29.2. The molecule has 2 aromatic carbocycles. The molecule has 6 fully saturated rings. The third kappa shape index (κ3) is 11.9. The number of nitrogen functional groups attached to an aromatic ring is 1. The Hall–Kier alpha value is -5.70. The minimum atomic E-state index is -0.798. The number of thiazole rings is 1. The second-order valence-electron chi connectivity index (χ2n) is 23.2. The van der Waals surface area contributed by atoms with E-state index < -0.39 is 18.1 Å². The number of nitrogens with two attached hydrogens (primary N) is 1. The first-order valence-electron chi connectivity index (χ1n) is 28.3. The zero-order chi connectivity index (χ0) is 53.3. The highest BCUT2D eigenvalue weighted by Gasteiger charge is 2.44. The van der Waals surface area contributed by atoms with Gasteiger partial charge in [0.05, 0.1) is 52.3 Å². The fourth-order valence-electron chi connectivity index (χ4n) is 13.4. The molecule has 0 saturated carbocycles. The number of amides is 2. The van der Waals surface area contributed by atoms with Crippen molar-refractivity contribution < 1.29 is 29.1 Å². The maximum Gasteiger partial charge on any atom is 0.243 e. The number of hydrogen-bond acceptors (Lipinski definition) is 17. The Morgan fingerprint density at radius 2 is 1.64 bits per heavy atom. The van der Waals surface area contributed by atoms with Crippen LogP contribution in [-0.4, -0.2) is 177 Å². The summed E-state index contributed by atoms with van der Waals surface area (Å²) in [5.41, 5.74) is 13.5. The summed E-state index contributed by atoms with van der Waals surface area (Å²) in [6.45, 7) is 19.7. The van der Waals surface area contributed by atoms with Crippen LogP contribution in [0, 0.1) is 24.7 Å². The molecule has 2 unspecified atom stereocenters. The van der Waals surface area contributed by atoms with Gasteiger partial charge in [-0.15, -0.1) is 21.5 Å². The fourth-order valence-corrected chi connectivity index (χ4v) is 14.2. The molecule has 5 aromatic rings. The van der Waals surface area contributed by atoms with Crippen molar-refractivity contribution in [1.82, 2.24) is 45.3 Å². The van der Waals surface area contributed by atoms with E-state index in [1.165, 1.54) is 19.3 Å². The highest BCUT2D eigenvalue weighted by molar-refractivity contribution is 7.13. The average Bonchev–Trinajstić information content (AvgIpc) is 4.28. The van der Waals surface area contributed by atoms with Gasteiger partial charge in [-0.05, 0) is 113 Å². The number of aliphatic hydroxyl groups excluding tert-OH is 1. The van der Waals surface area contributed by atoms with E-state index in [-0.39, 0.29) is 48.6 Å². The largest absolute Gasteiger partial charge is 0.507 e. The lowest BCUT2D eigenvalue weighted by Crippen LogP contribution is -2.55. The van der Waals surface area contributed by atoms with Crippen molar-refractivity contribution in [3.8, 4) is 27.4 Å². The Morgan fingerprint density at radius 3 is 2.39 bits per heavy atom. The SMILES string of the molecule is Cc1ncsc1-c1ccc([C@H](C)NC(=O)[C@@H]2C[C@@H](O)CN2C(=O)[C@@H](c2cc(N3CCC(CN4CCC(N5CCO[C@@H](CN6CC7CCN(c8cc(-c9ccccc9O)nnc8N)CC6C7)C5)CC4)CC3)no2)C(C)C)cc1. The number of phenolic OH excluding ortho intramolecular Hbond substituents is 1. The lowest BCUT2D eigenvalue weighted by molar-refractivity contribution is -0.141. The number of nitrogens with one attached hydrogen (secondary N) is 1. The van der Waals surface area contributed by atoms with E-state index in [0.717, 1.165) is 131 Å². The first-order chi connectivity index (χ1) is 37.3. The number of likely N-dealkylation sites (tertiary alicyclic amines) is 3. The third-order valence-corrected chi connectivity index (χ3v) is 18.7. The van der Waals surface area contributed by atoms with Crippen LogP contribution in [0.4, 0.5) is 17.3 Å². The number of morpholine rings is 1. The number of anilines is 3. The Labute approximate surface area is 456 Å². The summed E-state index contributed by atoms with van der Waals surface area (Å²) >= 11 is 1.60. The lowest BCUT2D eigenvalue weighted by Gasteiger charge is -2.44. The first kappa shape index (κ1) is 53.3. The lowest BCUT2D eigenvalue weighted by atomic mass is 9.91. The van der Waals surface area contributed by atoms with Crippen LogP contribution in [0.3, 0.4) is 0 Å². The van der Waals surface area contributed by atoms with Gasteiger partial charge in [0.1, 0.15) is 17.7 Å². The van der Waals surface area contributed by atoms with Gasteiger partial charge in [0.25, 0.3) is 0 Å². The van der Waals surface area contributed by atoms with Gasteiger partial charge in [-0.25, -0.2) is 4.98 Å². The van der Waals surface area contributed by atoms with Crippen LogP contribution in [-0.2, 0) is 14.3 Å². The molecule has 0 radical (unpaired) electrons. The summed E-state index contributed by atoms with van der Waals surface area (Å²) in [5, 5.41) is 37.6. The Morgan fingerprint density at radius 1 is 0.857 bits per heavy atom. The highest BCUT2D eigenvalue weighted by atomic mass is 32.1. The Bertz CT molecular complexity index is 2810. The smallest absolute Gasteiger partial charge is 0.243 e. The molecule has 11 rings (SSSR count). The number of para-hydroxylation sites is 1. The molecule has 6 aliphatic rings. The molecule has 5 N–H and O–H groups in total.